The first-order valence-corrected chi connectivity index (χ1v) is 11.7. The van der Waals surface area contributed by atoms with E-state index in [2.05, 4.69) is 20.9 Å². The second kappa shape index (κ2) is 8.56. The third-order valence-electron chi connectivity index (χ3n) is 5.80. The molecular formula is C23H21FN6O3S. The van der Waals surface area contributed by atoms with Gasteiger partial charge in [0.2, 0.25) is 5.91 Å². The highest BCUT2D eigenvalue weighted by Crippen LogP contribution is 2.41. The molecule has 4 amide bonds. The van der Waals surface area contributed by atoms with E-state index >= 15 is 0 Å². The smallest absolute Gasteiger partial charge is 0.318 e. The van der Waals surface area contributed by atoms with Crippen molar-refractivity contribution in [3.8, 4) is 11.4 Å². The molecule has 1 atom stereocenters. The van der Waals surface area contributed by atoms with E-state index in [1.54, 1.807) is 49.4 Å². The van der Waals surface area contributed by atoms with E-state index in [9.17, 15) is 18.8 Å². The van der Waals surface area contributed by atoms with Gasteiger partial charge in [-0.25, -0.2) is 9.18 Å². The van der Waals surface area contributed by atoms with Gasteiger partial charge in [-0.1, -0.05) is 54.2 Å². The molecule has 0 bridgehead atoms. The van der Waals surface area contributed by atoms with Crippen molar-refractivity contribution in [3.63, 3.8) is 0 Å². The van der Waals surface area contributed by atoms with Crippen LogP contribution in [0.25, 0.3) is 11.4 Å². The van der Waals surface area contributed by atoms with Crippen LogP contribution in [0.4, 0.5) is 9.18 Å². The quantitative estimate of drug-likeness (QED) is 0.398. The Kier molecular flexibility index (Phi) is 5.56. The Bertz CT molecular complexity index is 1280. The van der Waals surface area contributed by atoms with Gasteiger partial charge in [0.15, 0.2) is 11.0 Å². The molecule has 1 aliphatic heterocycles. The zero-order chi connectivity index (χ0) is 23.9. The highest BCUT2D eigenvalue weighted by atomic mass is 32.2. The van der Waals surface area contributed by atoms with Crippen LogP contribution in [0.5, 0.6) is 0 Å². The van der Waals surface area contributed by atoms with E-state index in [1.807, 2.05) is 10.6 Å². The van der Waals surface area contributed by atoms with E-state index in [-0.39, 0.29) is 11.8 Å². The number of amides is 4. The van der Waals surface area contributed by atoms with Crippen molar-refractivity contribution in [2.24, 2.45) is 0 Å². The summed E-state index contributed by atoms with van der Waals surface area (Å²) in [6.45, 7) is 1.59. The summed E-state index contributed by atoms with van der Waals surface area (Å²) in [7, 11) is 0. The van der Waals surface area contributed by atoms with Crippen molar-refractivity contribution in [3.05, 3.63) is 66.0 Å². The van der Waals surface area contributed by atoms with E-state index in [0.29, 0.717) is 27.1 Å². The lowest BCUT2D eigenvalue weighted by Crippen LogP contribution is -2.48. The maximum absolute atomic E-state index is 14.3. The Morgan fingerprint density at radius 2 is 1.85 bits per heavy atom. The SMILES string of the molecule is C[C@@]1(c2ccccc2)NC(=O)N(NC(=O)CSc2nnc(-c3ccccc3F)n2C2CC2)C1=O. The minimum Gasteiger partial charge on any atom is -0.318 e. The van der Waals surface area contributed by atoms with Gasteiger partial charge in [0.05, 0.1) is 11.3 Å². The number of imide groups is 1. The molecule has 9 nitrogen and oxygen atoms in total. The first kappa shape index (κ1) is 22.1. The van der Waals surface area contributed by atoms with E-state index in [0.717, 1.165) is 24.6 Å². The molecule has 174 valence electrons. The highest BCUT2D eigenvalue weighted by Gasteiger charge is 2.50. The summed E-state index contributed by atoms with van der Waals surface area (Å²) in [6.07, 6.45) is 1.83. The molecule has 2 fully saturated rings. The maximum Gasteiger partial charge on any atom is 0.344 e. The van der Waals surface area contributed by atoms with Crippen LogP contribution < -0.4 is 10.7 Å². The van der Waals surface area contributed by atoms with E-state index in [4.69, 9.17) is 0 Å². The largest absolute Gasteiger partial charge is 0.344 e. The predicted octanol–water partition coefficient (Wildman–Crippen LogP) is 3.01. The third kappa shape index (κ3) is 3.92. The van der Waals surface area contributed by atoms with Gasteiger partial charge >= 0.3 is 6.03 Å². The van der Waals surface area contributed by atoms with Crippen molar-refractivity contribution in [2.75, 3.05) is 5.75 Å². The third-order valence-corrected chi connectivity index (χ3v) is 6.75. The summed E-state index contributed by atoms with van der Waals surface area (Å²) in [5, 5.41) is 12.1. The van der Waals surface area contributed by atoms with Crippen molar-refractivity contribution in [1.29, 1.82) is 0 Å². The maximum atomic E-state index is 14.3. The standard InChI is InChI=1S/C23H21FN6O3S/c1-23(14-7-3-2-4-8-14)20(32)30(21(33)25-23)28-18(31)13-34-22-27-26-19(29(22)15-11-12-15)16-9-5-6-10-17(16)24/h2-10,15H,11-13H2,1H3,(H,25,33)(H,28,31)/t23-/m0/s1. The first-order valence-electron chi connectivity index (χ1n) is 10.7. The first-order chi connectivity index (χ1) is 16.4. The van der Waals surface area contributed by atoms with Gasteiger partial charge in [-0.05, 0) is 37.5 Å². The molecule has 1 saturated carbocycles. The van der Waals surface area contributed by atoms with Crippen LogP contribution in [0.15, 0.2) is 59.8 Å². The van der Waals surface area contributed by atoms with Crippen molar-refractivity contribution < 1.29 is 18.8 Å². The lowest BCUT2D eigenvalue weighted by atomic mass is 9.92. The number of halogens is 1. The number of carbonyl (C=O) groups is 3. The molecule has 1 saturated heterocycles. The number of carbonyl (C=O) groups excluding carboxylic acids is 3. The molecule has 2 heterocycles. The van der Waals surface area contributed by atoms with Gasteiger partial charge < -0.3 is 5.32 Å². The molecule has 0 unspecified atom stereocenters. The summed E-state index contributed by atoms with van der Waals surface area (Å²) in [5.41, 5.74) is 2.06. The van der Waals surface area contributed by atoms with Gasteiger partial charge in [0, 0.05) is 6.04 Å². The van der Waals surface area contributed by atoms with Crippen LogP contribution in [0, 0.1) is 5.82 Å². The Labute approximate surface area is 198 Å². The lowest BCUT2D eigenvalue weighted by molar-refractivity contribution is -0.138. The number of rotatable bonds is 7. The molecule has 2 aliphatic rings. The number of thioether (sulfide) groups is 1. The van der Waals surface area contributed by atoms with E-state index in [1.165, 1.54) is 6.07 Å². The number of hydrogen-bond donors (Lipinski definition) is 2. The second-order valence-electron chi connectivity index (χ2n) is 8.27. The molecule has 11 heteroatoms. The Balaban J connectivity index is 1.28. The lowest BCUT2D eigenvalue weighted by Gasteiger charge is -2.22. The summed E-state index contributed by atoms with van der Waals surface area (Å²) < 4.78 is 16.2. The number of hydrogen-bond acceptors (Lipinski definition) is 6. The molecule has 3 aromatic rings. The fraction of sp³-hybridized carbons (Fsp3) is 0.261. The number of hydrazine groups is 1. The molecule has 0 spiro atoms. The van der Waals surface area contributed by atoms with Crippen LogP contribution >= 0.6 is 11.8 Å². The Morgan fingerprint density at radius 1 is 1.15 bits per heavy atom. The number of urea groups is 1. The molecule has 34 heavy (non-hydrogen) atoms. The number of nitrogens with one attached hydrogen (secondary N) is 2. The zero-order valence-electron chi connectivity index (χ0n) is 18.2. The summed E-state index contributed by atoms with van der Waals surface area (Å²) in [4.78, 5) is 38.0. The second-order valence-corrected chi connectivity index (χ2v) is 9.22. The van der Waals surface area contributed by atoms with Gasteiger partial charge in [-0.3, -0.25) is 19.6 Å². The van der Waals surface area contributed by atoms with Crippen molar-refractivity contribution in [2.45, 2.75) is 36.5 Å². The average Bonchev–Trinajstić information content (AvgIpc) is 3.55. The molecule has 2 aromatic carbocycles. The summed E-state index contributed by atoms with van der Waals surface area (Å²) >= 11 is 1.11. The molecule has 5 rings (SSSR count). The Morgan fingerprint density at radius 3 is 2.56 bits per heavy atom. The molecule has 2 N–H and O–H groups in total. The van der Waals surface area contributed by atoms with Gasteiger partial charge in [0.25, 0.3) is 5.91 Å². The topological polar surface area (TPSA) is 109 Å². The predicted molar refractivity (Wildman–Crippen MR) is 122 cm³/mol. The monoisotopic (exact) mass is 480 g/mol. The van der Waals surface area contributed by atoms with Crippen LogP contribution in [-0.2, 0) is 15.1 Å². The van der Waals surface area contributed by atoms with Crippen molar-refractivity contribution >= 4 is 29.6 Å². The number of benzene rings is 2. The normalized spacial score (nSPS) is 19.9. The number of aromatic nitrogens is 3. The zero-order valence-corrected chi connectivity index (χ0v) is 19.0. The highest BCUT2D eigenvalue weighted by molar-refractivity contribution is 7.99. The van der Waals surface area contributed by atoms with Crippen LogP contribution in [-0.4, -0.2) is 43.4 Å². The summed E-state index contributed by atoms with van der Waals surface area (Å²) in [5.74, 6) is -1.22. The molecule has 0 radical (unpaired) electrons. The van der Waals surface area contributed by atoms with Gasteiger partial charge in [-0.2, -0.15) is 5.01 Å². The van der Waals surface area contributed by atoms with Crippen LogP contribution in [0.1, 0.15) is 31.4 Å². The molecule has 1 aliphatic carbocycles. The average molecular weight is 481 g/mol. The van der Waals surface area contributed by atoms with Crippen LogP contribution in [0.3, 0.4) is 0 Å². The van der Waals surface area contributed by atoms with Crippen molar-refractivity contribution in [1.82, 2.24) is 30.5 Å². The summed E-state index contributed by atoms with van der Waals surface area (Å²) in [6, 6.07) is 14.6. The Hall–Kier alpha value is -3.73. The fourth-order valence-corrected chi connectivity index (χ4v) is 4.66. The minimum absolute atomic E-state index is 0.110. The van der Waals surface area contributed by atoms with Gasteiger partial charge in [0.1, 0.15) is 11.4 Å². The minimum atomic E-state index is -1.28. The molecular weight excluding hydrogens is 459 g/mol. The number of nitrogens with zero attached hydrogens (tertiary/aromatic N) is 4. The fourth-order valence-electron chi connectivity index (χ4n) is 3.86. The van der Waals surface area contributed by atoms with Crippen LogP contribution in [0.2, 0.25) is 0 Å². The molecule has 1 aromatic heterocycles. The van der Waals surface area contributed by atoms with Gasteiger partial charge in [-0.15, -0.1) is 10.2 Å². The van der Waals surface area contributed by atoms with E-state index < -0.39 is 29.2 Å².